The molecule has 1 aliphatic carbocycles. The predicted octanol–water partition coefficient (Wildman–Crippen LogP) is 6.56. The van der Waals surface area contributed by atoms with Gasteiger partial charge < -0.3 is 14.8 Å². The van der Waals surface area contributed by atoms with Crippen LogP contribution in [0.25, 0.3) is 0 Å². The quantitative estimate of drug-likeness (QED) is 0.368. The standard InChI is InChI=1S/C23H27Cl2NO2/c1-27-22-14-18(15-26-12-11-17-7-3-2-4-8-17)13-21(25)23(22)28-16-19-9-5-6-10-20(19)24/h5-7,9-10,13-14,26H,2-4,8,11-12,15-16H2,1H3. The summed E-state index contributed by atoms with van der Waals surface area (Å²) in [5, 5.41) is 4.71. The van der Waals surface area contributed by atoms with Crippen molar-refractivity contribution in [2.75, 3.05) is 13.7 Å². The molecule has 1 aliphatic rings. The summed E-state index contributed by atoms with van der Waals surface area (Å²) in [6.07, 6.45) is 8.66. The van der Waals surface area contributed by atoms with E-state index in [-0.39, 0.29) is 0 Å². The number of methoxy groups -OCH3 is 1. The van der Waals surface area contributed by atoms with Gasteiger partial charge in [-0.2, -0.15) is 0 Å². The van der Waals surface area contributed by atoms with Crippen LogP contribution in [-0.2, 0) is 13.2 Å². The van der Waals surface area contributed by atoms with Gasteiger partial charge in [0.25, 0.3) is 0 Å². The highest BCUT2D eigenvalue weighted by molar-refractivity contribution is 6.32. The van der Waals surface area contributed by atoms with Gasteiger partial charge in [0.1, 0.15) is 6.61 Å². The summed E-state index contributed by atoms with van der Waals surface area (Å²) in [7, 11) is 1.63. The SMILES string of the molecule is COc1cc(CNCCC2=CCCCC2)cc(Cl)c1OCc1ccccc1Cl. The molecule has 0 spiro atoms. The lowest BCUT2D eigenvalue weighted by Gasteiger charge is -2.16. The molecular formula is C23H27Cl2NO2. The van der Waals surface area contributed by atoms with Crippen molar-refractivity contribution in [3.63, 3.8) is 0 Å². The van der Waals surface area contributed by atoms with E-state index in [2.05, 4.69) is 11.4 Å². The molecule has 2 aromatic carbocycles. The van der Waals surface area contributed by atoms with Gasteiger partial charge in [-0.05, 0) is 62.4 Å². The average Bonchev–Trinajstić information content (AvgIpc) is 2.72. The van der Waals surface area contributed by atoms with Crippen LogP contribution in [0.1, 0.15) is 43.2 Å². The number of nitrogens with one attached hydrogen (secondary N) is 1. The Balaban J connectivity index is 1.57. The molecule has 3 nitrogen and oxygen atoms in total. The second kappa shape index (κ2) is 10.8. The Hall–Kier alpha value is -1.68. The Morgan fingerprint density at radius 1 is 1.07 bits per heavy atom. The van der Waals surface area contributed by atoms with Crippen molar-refractivity contribution < 1.29 is 9.47 Å². The van der Waals surface area contributed by atoms with E-state index in [0.29, 0.717) is 28.2 Å². The first-order valence-corrected chi connectivity index (χ1v) is 10.5. The number of hydrogen-bond donors (Lipinski definition) is 1. The molecule has 28 heavy (non-hydrogen) atoms. The fourth-order valence-corrected chi connectivity index (χ4v) is 3.87. The van der Waals surface area contributed by atoms with Gasteiger partial charge in [0.2, 0.25) is 0 Å². The number of ether oxygens (including phenoxy) is 2. The molecule has 0 fully saturated rings. The van der Waals surface area contributed by atoms with Crippen molar-refractivity contribution in [2.24, 2.45) is 0 Å². The van der Waals surface area contributed by atoms with Crippen LogP contribution in [0.3, 0.4) is 0 Å². The lowest BCUT2D eigenvalue weighted by atomic mass is 9.97. The monoisotopic (exact) mass is 419 g/mol. The van der Waals surface area contributed by atoms with E-state index in [1.165, 1.54) is 25.7 Å². The van der Waals surface area contributed by atoms with Crippen LogP contribution in [0.2, 0.25) is 10.0 Å². The molecule has 0 saturated heterocycles. The summed E-state index contributed by atoms with van der Waals surface area (Å²) >= 11 is 12.7. The van der Waals surface area contributed by atoms with Gasteiger partial charge in [0.15, 0.2) is 11.5 Å². The van der Waals surface area contributed by atoms with Gasteiger partial charge in [-0.3, -0.25) is 0 Å². The minimum absolute atomic E-state index is 0.336. The predicted molar refractivity (Wildman–Crippen MR) is 117 cm³/mol. The minimum atomic E-state index is 0.336. The minimum Gasteiger partial charge on any atom is -0.493 e. The van der Waals surface area contributed by atoms with Crippen molar-refractivity contribution in [3.8, 4) is 11.5 Å². The van der Waals surface area contributed by atoms with E-state index >= 15 is 0 Å². The Morgan fingerprint density at radius 3 is 2.68 bits per heavy atom. The largest absolute Gasteiger partial charge is 0.493 e. The third kappa shape index (κ3) is 5.91. The van der Waals surface area contributed by atoms with Gasteiger partial charge in [-0.25, -0.2) is 0 Å². The molecule has 2 aromatic rings. The van der Waals surface area contributed by atoms with Crippen LogP contribution in [0.15, 0.2) is 48.0 Å². The molecule has 0 unspecified atom stereocenters. The van der Waals surface area contributed by atoms with E-state index in [1.54, 1.807) is 12.7 Å². The van der Waals surface area contributed by atoms with Crippen molar-refractivity contribution in [1.82, 2.24) is 5.32 Å². The smallest absolute Gasteiger partial charge is 0.180 e. The topological polar surface area (TPSA) is 30.5 Å². The number of rotatable bonds is 9. The van der Waals surface area contributed by atoms with E-state index in [9.17, 15) is 0 Å². The lowest BCUT2D eigenvalue weighted by Crippen LogP contribution is -2.16. The molecule has 5 heteroatoms. The van der Waals surface area contributed by atoms with Crippen LogP contribution in [-0.4, -0.2) is 13.7 Å². The van der Waals surface area contributed by atoms with Crippen molar-refractivity contribution in [3.05, 3.63) is 69.2 Å². The van der Waals surface area contributed by atoms with E-state index < -0.39 is 0 Å². The first kappa shape index (κ1) is 21.0. The highest BCUT2D eigenvalue weighted by Gasteiger charge is 2.13. The van der Waals surface area contributed by atoms with Crippen LogP contribution in [0, 0.1) is 0 Å². The first-order chi connectivity index (χ1) is 13.7. The van der Waals surface area contributed by atoms with Crippen molar-refractivity contribution in [1.29, 1.82) is 0 Å². The average molecular weight is 420 g/mol. The maximum Gasteiger partial charge on any atom is 0.180 e. The fourth-order valence-electron chi connectivity index (χ4n) is 3.39. The number of hydrogen-bond acceptors (Lipinski definition) is 3. The Bertz CT molecular complexity index is 820. The molecule has 0 saturated carbocycles. The van der Waals surface area contributed by atoms with Crippen LogP contribution >= 0.6 is 23.2 Å². The molecule has 0 atom stereocenters. The van der Waals surface area contributed by atoms with Crippen LogP contribution < -0.4 is 14.8 Å². The second-order valence-electron chi connectivity index (χ2n) is 7.02. The molecule has 0 aliphatic heterocycles. The molecule has 0 heterocycles. The van der Waals surface area contributed by atoms with E-state index in [1.807, 2.05) is 36.4 Å². The van der Waals surface area contributed by atoms with E-state index in [0.717, 1.165) is 30.6 Å². The summed E-state index contributed by atoms with van der Waals surface area (Å²) < 4.78 is 11.4. The van der Waals surface area contributed by atoms with Gasteiger partial charge >= 0.3 is 0 Å². The highest BCUT2D eigenvalue weighted by atomic mass is 35.5. The molecule has 0 amide bonds. The summed E-state index contributed by atoms with van der Waals surface area (Å²) in [6.45, 7) is 2.05. The molecule has 150 valence electrons. The Morgan fingerprint density at radius 2 is 1.93 bits per heavy atom. The molecule has 1 N–H and O–H groups in total. The van der Waals surface area contributed by atoms with Crippen molar-refractivity contribution in [2.45, 2.75) is 45.3 Å². The molecule has 0 radical (unpaired) electrons. The zero-order chi connectivity index (χ0) is 19.8. The van der Waals surface area contributed by atoms with E-state index in [4.69, 9.17) is 32.7 Å². The zero-order valence-corrected chi connectivity index (χ0v) is 17.8. The normalized spacial score (nSPS) is 13.9. The van der Waals surface area contributed by atoms with Gasteiger partial charge in [0, 0.05) is 17.1 Å². The third-order valence-electron chi connectivity index (χ3n) is 4.96. The molecule has 0 bridgehead atoms. The summed E-state index contributed by atoms with van der Waals surface area (Å²) in [5.74, 6) is 1.17. The van der Waals surface area contributed by atoms with Gasteiger partial charge in [-0.15, -0.1) is 0 Å². The second-order valence-corrected chi connectivity index (χ2v) is 7.84. The number of benzene rings is 2. The molecule has 3 rings (SSSR count). The maximum atomic E-state index is 6.48. The lowest BCUT2D eigenvalue weighted by molar-refractivity contribution is 0.284. The molecular weight excluding hydrogens is 393 g/mol. The van der Waals surface area contributed by atoms with Gasteiger partial charge in [-0.1, -0.05) is 53.1 Å². The summed E-state index contributed by atoms with van der Waals surface area (Å²) in [6, 6.07) is 11.5. The fraction of sp³-hybridized carbons (Fsp3) is 0.391. The number of halogens is 2. The van der Waals surface area contributed by atoms with Gasteiger partial charge in [0.05, 0.1) is 12.1 Å². The van der Waals surface area contributed by atoms with Crippen LogP contribution in [0.4, 0.5) is 0 Å². The van der Waals surface area contributed by atoms with Crippen molar-refractivity contribution >= 4 is 23.2 Å². The highest BCUT2D eigenvalue weighted by Crippen LogP contribution is 2.37. The number of allylic oxidation sites excluding steroid dienone is 1. The maximum absolute atomic E-state index is 6.48. The first-order valence-electron chi connectivity index (χ1n) is 9.78. The zero-order valence-electron chi connectivity index (χ0n) is 16.3. The van der Waals surface area contributed by atoms with Crippen LogP contribution in [0.5, 0.6) is 11.5 Å². The Kier molecular flexibility index (Phi) is 8.08. The third-order valence-corrected chi connectivity index (χ3v) is 5.61. The summed E-state index contributed by atoms with van der Waals surface area (Å²) in [4.78, 5) is 0. The summed E-state index contributed by atoms with van der Waals surface area (Å²) in [5.41, 5.74) is 3.56. The Labute approximate surface area is 177 Å². The molecule has 0 aromatic heterocycles.